The number of nitrogens with one attached hydrogen (secondary N) is 1. The van der Waals surface area contributed by atoms with Crippen LogP contribution in [-0.2, 0) is 0 Å². The third-order valence-corrected chi connectivity index (χ3v) is 4.05. The minimum atomic E-state index is -0.131. The highest BCUT2D eigenvalue weighted by atomic mass is 16.3. The first-order chi connectivity index (χ1) is 8.56. The van der Waals surface area contributed by atoms with Crippen molar-refractivity contribution in [2.45, 2.75) is 77.4 Å². The molecule has 0 heterocycles. The summed E-state index contributed by atoms with van der Waals surface area (Å²) in [5.74, 6) is 0. The van der Waals surface area contributed by atoms with E-state index in [0.717, 1.165) is 19.0 Å². The average molecular weight is 256 g/mol. The van der Waals surface area contributed by atoms with E-state index in [0.29, 0.717) is 6.04 Å². The third-order valence-electron chi connectivity index (χ3n) is 4.05. The van der Waals surface area contributed by atoms with Crippen LogP contribution in [0.25, 0.3) is 0 Å². The van der Waals surface area contributed by atoms with Crippen LogP contribution in [-0.4, -0.2) is 47.3 Å². The van der Waals surface area contributed by atoms with Crippen LogP contribution in [0.15, 0.2) is 0 Å². The van der Waals surface area contributed by atoms with Crippen LogP contribution >= 0.6 is 0 Å². The molecule has 3 heteroatoms. The van der Waals surface area contributed by atoms with Gasteiger partial charge in [0.15, 0.2) is 0 Å². The maximum absolute atomic E-state index is 9.60. The van der Waals surface area contributed by atoms with E-state index in [1.807, 2.05) is 0 Å². The van der Waals surface area contributed by atoms with Crippen LogP contribution in [0.5, 0.6) is 0 Å². The number of unbranched alkanes of at least 4 members (excludes halogenated alkanes) is 1. The fourth-order valence-corrected chi connectivity index (χ4v) is 2.90. The van der Waals surface area contributed by atoms with Crippen molar-refractivity contribution < 1.29 is 5.11 Å². The van der Waals surface area contributed by atoms with Crippen molar-refractivity contribution in [2.24, 2.45) is 0 Å². The molecule has 1 rings (SSSR count). The molecule has 3 nitrogen and oxygen atoms in total. The van der Waals surface area contributed by atoms with Gasteiger partial charge < -0.3 is 10.4 Å². The van der Waals surface area contributed by atoms with E-state index in [2.05, 4.69) is 37.9 Å². The third kappa shape index (κ3) is 4.87. The zero-order chi connectivity index (χ0) is 13.6. The molecule has 0 spiro atoms. The van der Waals surface area contributed by atoms with Crippen molar-refractivity contribution in [2.75, 3.05) is 19.7 Å². The van der Waals surface area contributed by atoms with Gasteiger partial charge in [-0.2, -0.15) is 0 Å². The molecule has 1 aliphatic rings. The van der Waals surface area contributed by atoms with Gasteiger partial charge in [0.25, 0.3) is 0 Å². The largest absolute Gasteiger partial charge is 0.394 e. The molecule has 1 saturated carbocycles. The average Bonchev–Trinajstić information content (AvgIpc) is 3.14. The van der Waals surface area contributed by atoms with E-state index in [-0.39, 0.29) is 12.1 Å². The molecule has 18 heavy (non-hydrogen) atoms. The van der Waals surface area contributed by atoms with Crippen molar-refractivity contribution in [3.05, 3.63) is 0 Å². The maximum atomic E-state index is 9.60. The van der Waals surface area contributed by atoms with E-state index >= 15 is 0 Å². The number of hydrogen-bond donors (Lipinski definition) is 2. The first-order valence-electron chi connectivity index (χ1n) is 7.68. The molecule has 0 aliphatic heterocycles. The summed E-state index contributed by atoms with van der Waals surface area (Å²) in [5, 5.41) is 13.0. The van der Waals surface area contributed by atoms with Gasteiger partial charge in [0.1, 0.15) is 0 Å². The standard InChI is InChI=1S/C15H32N2O/c1-5-7-10-17(14-8-9-14)13(3)11-15(4,12-18)16-6-2/h13-14,16,18H,5-12H2,1-4H3. The lowest BCUT2D eigenvalue weighted by Gasteiger charge is -2.37. The summed E-state index contributed by atoms with van der Waals surface area (Å²) in [4.78, 5) is 2.66. The highest BCUT2D eigenvalue weighted by Crippen LogP contribution is 2.31. The van der Waals surface area contributed by atoms with E-state index < -0.39 is 0 Å². The molecule has 108 valence electrons. The van der Waals surface area contributed by atoms with Gasteiger partial charge in [-0.3, -0.25) is 4.90 Å². The fraction of sp³-hybridized carbons (Fsp3) is 1.00. The first-order valence-corrected chi connectivity index (χ1v) is 7.68. The molecular formula is C15H32N2O. The van der Waals surface area contributed by atoms with Gasteiger partial charge in [-0.05, 0) is 52.6 Å². The zero-order valence-electron chi connectivity index (χ0n) is 12.7. The molecular weight excluding hydrogens is 224 g/mol. The minimum absolute atomic E-state index is 0.131. The Balaban J connectivity index is 2.50. The lowest BCUT2D eigenvalue weighted by molar-refractivity contribution is 0.110. The minimum Gasteiger partial charge on any atom is -0.394 e. The summed E-state index contributed by atoms with van der Waals surface area (Å²) in [5.41, 5.74) is -0.131. The van der Waals surface area contributed by atoms with E-state index in [1.54, 1.807) is 0 Å². The number of aliphatic hydroxyl groups excluding tert-OH is 1. The SMILES string of the molecule is CCCCN(C(C)CC(C)(CO)NCC)C1CC1. The zero-order valence-corrected chi connectivity index (χ0v) is 12.7. The number of nitrogens with zero attached hydrogens (tertiary/aromatic N) is 1. The van der Waals surface area contributed by atoms with Crippen molar-refractivity contribution in [3.63, 3.8) is 0 Å². The number of hydrogen-bond acceptors (Lipinski definition) is 3. The molecule has 0 saturated heterocycles. The summed E-state index contributed by atoms with van der Waals surface area (Å²) in [6.07, 6.45) is 6.31. The molecule has 1 aliphatic carbocycles. The topological polar surface area (TPSA) is 35.5 Å². The summed E-state index contributed by atoms with van der Waals surface area (Å²) in [6.45, 7) is 11.2. The molecule has 2 unspecified atom stereocenters. The van der Waals surface area contributed by atoms with Gasteiger partial charge in [-0.25, -0.2) is 0 Å². The van der Waals surface area contributed by atoms with Crippen LogP contribution in [0.3, 0.4) is 0 Å². The normalized spacial score (nSPS) is 21.0. The van der Waals surface area contributed by atoms with Crippen LogP contribution in [0.4, 0.5) is 0 Å². The fourth-order valence-electron chi connectivity index (χ4n) is 2.90. The number of likely N-dealkylation sites (N-methyl/N-ethyl adjacent to an activating group) is 1. The lowest BCUT2D eigenvalue weighted by Crippen LogP contribution is -2.51. The maximum Gasteiger partial charge on any atom is 0.0611 e. The predicted octanol–water partition coefficient (Wildman–Crippen LogP) is 2.39. The molecule has 0 amide bonds. The monoisotopic (exact) mass is 256 g/mol. The smallest absolute Gasteiger partial charge is 0.0611 e. The number of rotatable bonds is 10. The summed E-state index contributed by atoms with van der Waals surface area (Å²) in [6, 6.07) is 1.37. The van der Waals surface area contributed by atoms with Crippen molar-refractivity contribution in [1.29, 1.82) is 0 Å². The Kier molecular flexibility index (Phi) is 6.61. The van der Waals surface area contributed by atoms with Gasteiger partial charge >= 0.3 is 0 Å². The molecule has 0 aromatic rings. The Labute approximate surface area is 113 Å². The Bertz CT molecular complexity index is 231. The van der Waals surface area contributed by atoms with Crippen molar-refractivity contribution in [1.82, 2.24) is 10.2 Å². The lowest BCUT2D eigenvalue weighted by atomic mass is 9.93. The van der Waals surface area contributed by atoms with Gasteiger partial charge in [-0.1, -0.05) is 20.3 Å². The molecule has 0 bridgehead atoms. The molecule has 0 aromatic carbocycles. The highest BCUT2D eigenvalue weighted by Gasteiger charge is 2.34. The highest BCUT2D eigenvalue weighted by molar-refractivity contribution is 4.92. The quantitative estimate of drug-likeness (QED) is 0.630. The molecule has 2 N–H and O–H groups in total. The Morgan fingerprint density at radius 2 is 2.06 bits per heavy atom. The molecule has 1 fully saturated rings. The van der Waals surface area contributed by atoms with E-state index in [1.165, 1.54) is 32.2 Å². The van der Waals surface area contributed by atoms with Crippen LogP contribution in [0.2, 0.25) is 0 Å². The van der Waals surface area contributed by atoms with E-state index in [4.69, 9.17) is 0 Å². The van der Waals surface area contributed by atoms with E-state index in [9.17, 15) is 5.11 Å². The van der Waals surface area contributed by atoms with Gasteiger partial charge in [0.05, 0.1) is 6.61 Å². The molecule has 0 aromatic heterocycles. The van der Waals surface area contributed by atoms with Crippen molar-refractivity contribution >= 4 is 0 Å². The predicted molar refractivity (Wildman–Crippen MR) is 77.9 cm³/mol. The summed E-state index contributed by atoms with van der Waals surface area (Å²) < 4.78 is 0. The second-order valence-electron chi connectivity index (χ2n) is 6.12. The first kappa shape index (κ1) is 15.9. The van der Waals surface area contributed by atoms with Crippen LogP contribution < -0.4 is 5.32 Å². The molecule has 2 atom stereocenters. The van der Waals surface area contributed by atoms with Crippen LogP contribution in [0.1, 0.15) is 59.8 Å². The van der Waals surface area contributed by atoms with Gasteiger partial charge in [0, 0.05) is 17.6 Å². The Morgan fingerprint density at radius 1 is 1.39 bits per heavy atom. The Hall–Kier alpha value is -0.120. The second-order valence-corrected chi connectivity index (χ2v) is 6.12. The van der Waals surface area contributed by atoms with Gasteiger partial charge in [0.2, 0.25) is 0 Å². The van der Waals surface area contributed by atoms with Crippen molar-refractivity contribution in [3.8, 4) is 0 Å². The molecule has 0 radical (unpaired) electrons. The van der Waals surface area contributed by atoms with Gasteiger partial charge in [-0.15, -0.1) is 0 Å². The second kappa shape index (κ2) is 7.46. The Morgan fingerprint density at radius 3 is 2.50 bits per heavy atom. The number of aliphatic hydroxyl groups is 1. The van der Waals surface area contributed by atoms with Crippen LogP contribution in [0, 0.1) is 0 Å². The summed E-state index contributed by atoms with van der Waals surface area (Å²) >= 11 is 0. The summed E-state index contributed by atoms with van der Waals surface area (Å²) in [7, 11) is 0.